The summed E-state index contributed by atoms with van der Waals surface area (Å²) < 4.78 is 5.46. The molecule has 2 N–H and O–H groups in total. The Morgan fingerprint density at radius 3 is 2.71 bits per heavy atom. The van der Waals surface area contributed by atoms with Crippen molar-refractivity contribution in [2.24, 2.45) is 5.92 Å². The summed E-state index contributed by atoms with van der Waals surface area (Å²) in [5.74, 6) is -0.837. The first-order valence-electron chi connectivity index (χ1n) is 7.25. The van der Waals surface area contributed by atoms with Gasteiger partial charge in [-0.3, -0.25) is 4.79 Å². The smallest absolute Gasteiger partial charge is 0.337 e. The number of amides is 1. The fraction of sp³-hybridized carbons (Fsp3) is 0.500. The van der Waals surface area contributed by atoms with Crippen LogP contribution in [0.4, 0.5) is 5.69 Å². The molecule has 21 heavy (non-hydrogen) atoms. The molecular formula is C16H21NO4. The Morgan fingerprint density at radius 1 is 1.38 bits per heavy atom. The second-order valence-corrected chi connectivity index (χ2v) is 5.52. The Morgan fingerprint density at radius 2 is 2.10 bits per heavy atom. The van der Waals surface area contributed by atoms with E-state index in [0.717, 1.165) is 18.4 Å². The number of carbonyl (C=O) groups excluding carboxylic acids is 1. The van der Waals surface area contributed by atoms with E-state index in [2.05, 4.69) is 5.32 Å². The number of rotatable bonds is 6. The van der Waals surface area contributed by atoms with Crippen LogP contribution >= 0.6 is 0 Å². The van der Waals surface area contributed by atoms with Gasteiger partial charge < -0.3 is 15.2 Å². The van der Waals surface area contributed by atoms with Crippen molar-refractivity contribution in [3.8, 4) is 0 Å². The van der Waals surface area contributed by atoms with E-state index in [1.807, 2.05) is 13.8 Å². The minimum Gasteiger partial charge on any atom is -0.478 e. The van der Waals surface area contributed by atoms with E-state index in [0.29, 0.717) is 24.6 Å². The molecule has 1 amide bonds. The summed E-state index contributed by atoms with van der Waals surface area (Å²) in [6.45, 7) is 4.49. The highest BCUT2D eigenvalue weighted by Gasteiger charge is 2.31. The van der Waals surface area contributed by atoms with E-state index >= 15 is 0 Å². The second-order valence-electron chi connectivity index (χ2n) is 5.52. The number of nitrogens with one attached hydrogen (secondary N) is 1. The summed E-state index contributed by atoms with van der Waals surface area (Å²) in [5.41, 5.74) is 1.34. The number of carboxylic acid groups (broad SMARTS) is 1. The van der Waals surface area contributed by atoms with Crippen molar-refractivity contribution in [2.45, 2.75) is 39.2 Å². The van der Waals surface area contributed by atoms with Crippen molar-refractivity contribution in [3.05, 3.63) is 29.3 Å². The molecule has 114 valence electrons. The number of aromatic carboxylic acids is 1. The van der Waals surface area contributed by atoms with Gasteiger partial charge in [0.15, 0.2) is 0 Å². The molecule has 5 heteroatoms. The second kappa shape index (κ2) is 6.72. The van der Waals surface area contributed by atoms with Crippen LogP contribution in [0.15, 0.2) is 18.2 Å². The number of hydrogen-bond acceptors (Lipinski definition) is 3. The van der Waals surface area contributed by atoms with Gasteiger partial charge in [0.05, 0.1) is 17.4 Å². The molecule has 1 aliphatic rings. The summed E-state index contributed by atoms with van der Waals surface area (Å²) >= 11 is 0. The largest absolute Gasteiger partial charge is 0.478 e. The highest BCUT2D eigenvalue weighted by molar-refractivity contribution is 6.00. The maximum Gasteiger partial charge on any atom is 0.337 e. The third-order valence-corrected chi connectivity index (χ3v) is 3.75. The first-order valence-corrected chi connectivity index (χ1v) is 7.25. The Balaban J connectivity index is 1.90. The normalized spacial score (nSPS) is 20.7. The Bertz CT molecular complexity index is 535. The maximum absolute atomic E-state index is 12.0. The van der Waals surface area contributed by atoms with E-state index in [1.54, 1.807) is 18.2 Å². The molecule has 0 aliphatic heterocycles. The van der Waals surface area contributed by atoms with Crippen molar-refractivity contribution < 1.29 is 19.4 Å². The van der Waals surface area contributed by atoms with E-state index < -0.39 is 5.97 Å². The van der Waals surface area contributed by atoms with Crippen LogP contribution in [0.3, 0.4) is 0 Å². The van der Waals surface area contributed by atoms with Crippen LogP contribution in [0, 0.1) is 12.8 Å². The molecule has 0 atom stereocenters. The number of aryl methyl sites for hydroxylation is 1. The number of carbonyl (C=O) groups is 2. The van der Waals surface area contributed by atoms with Crippen molar-refractivity contribution in [1.29, 1.82) is 0 Å². The number of carboxylic acids is 1. The molecule has 0 spiro atoms. The highest BCUT2D eigenvalue weighted by Crippen LogP contribution is 2.33. The lowest BCUT2D eigenvalue weighted by atomic mass is 9.80. The molecule has 5 nitrogen and oxygen atoms in total. The average Bonchev–Trinajstić information content (AvgIpc) is 2.38. The lowest BCUT2D eigenvalue weighted by molar-refractivity contribution is -0.119. The quantitative estimate of drug-likeness (QED) is 0.845. The number of hydrogen-bond donors (Lipinski definition) is 2. The van der Waals surface area contributed by atoms with E-state index in [9.17, 15) is 9.59 Å². The van der Waals surface area contributed by atoms with Crippen LogP contribution < -0.4 is 5.32 Å². The zero-order valence-corrected chi connectivity index (χ0v) is 12.4. The van der Waals surface area contributed by atoms with Crippen molar-refractivity contribution in [1.82, 2.24) is 0 Å². The van der Waals surface area contributed by atoms with Crippen LogP contribution in [0.1, 0.15) is 42.1 Å². The minimum absolute atomic E-state index is 0.129. The van der Waals surface area contributed by atoms with Crippen LogP contribution in [0.5, 0.6) is 0 Å². The van der Waals surface area contributed by atoms with E-state index in [1.165, 1.54) is 0 Å². The van der Waals surface area contributed by atoms with Gasteiger partial charge >= 0.3 is 5.97 Å². The molecule has 1 aliphatic carbocycles. The predicted molar refractivity (Wildman–Crippen MR) is 79.5 cm³/mol. The molecule has 1 fully saturated rings. The van der Waals surface area contributed by atoms with Gasteiger partial charge in [-0.25, -0.2) is 4.79 Å². The zero-order chi connectivity index (χ0) is 15.4. The van der Waals surface area contributed by atoms with Gasteiger partial charge in [-0.1, -0.05) is 11.6 Å². The van der Waals surface area contributed by atoms with Crippen LogP contribution in [-0.2, 0) is 9.53 Å². The molecule has 1 aromatic rings. The first-order chi connectivity index (χ1) is 9.99. The number of ether oxygens (including phenoxy) is 1. The molecule has 0 unspecified atom stereocenters. The molecule has 1 aromatic carbocycles. The Hall–Kier alpha value is -1.88. The first kappa shape index (κ1) is 15.5. The van der Waals surface area contributed by atoms with Crippen molar-refractivity contribution >= 4 is 17.6 Å². The highest BCUT2D eigenvalue weighted by atomic mass is 16.5. The molecule has 0 radical (unpaired) electrons. The molecule has 0 saturated heterocycles. The van der Waals surface area contributed by atoms with Gasteiger partial charge in [0.1, 0.15) is 0 Å². The van der Waals surface area contributed by atoms with Gasteiger partial charge in [-0.05, 0) is 44.7 Å². The Labute approximate surface area is 124 Å². The molecule has 1 saturated carbocycles. The van der Waals surface area contributed by atoms with Gasteiger partial charge in [-0.15, -0.1) is 0 Å². The lowest BCUT2D eigenvalue weighted by Gasteiger charge is -2.34. The third-order valence-electron chi connectivity index (χ3n) is 3.75. The molecule has 0 bridgehead atoms. The van der Waals surface area contributed by atoms with Crippen LogP contribution in [-0.4, -0.2) is 29.7 Å². The maximum atomic E-state index is 12.0. The van der Waals surface area contributed by atoms with E-state index in [-0.39, 0.29) is 17.6 Å². The molecule has 2 rings (SSSR count). The third kappa shape index (κ3) is 4.04. The minimum atomic E-state index is -1.03. The lowest BCUT2D eigenvalue weighted by Crippen LogP contribution is -2.34. The van der Waals surface area contributed by atoms with Crippen molar-refractivity contribution in [2.75, 3.05) is 11.9 Å². The fourth-order valence-corrected chi connectivity index (χ4v) is 2.62. The fourth-order valence-electron chi connectivity index (χ4n) is 2.62. The van der Waals surface area contributed by atoms with Crippen LogP contribution in [0.2, 0.25) is 0 Å². The van der Waals surface area contributed by atoms with Crippen LogP contribution in [0.25, 0.3) is 0 Å². The predicted octanol–water partition coefficient (Wildman–Crippen LogP) is 2.84. The Kier molecular flexibility index (Phi) is 4.96. The average molecular weight is 291 g/mol. The SMILES string of the molecule is CCOC1CC(CC(=O)Nc2ccc(C)cc2C(=O)O)C1. The summed E-state index contributed by atoms with van der Waals surface area (Å²) in [7, 11) is 0. The van der Waals surface area contributed by atoms with Gasteiger partial charge in [0, 0.05) is 13.0 Å². The van der Waals surface area contributed by atoms with Gasteiger partial charge in [0.2, 0.25) is 5.91 Å². The summed E-state index contributed by atoms with van der Waals surface area (Å²) in [6.07, 6.45) is 2.50. The summed E-state index contributed by atoms with van der Waals surface area (Å²) in [6, 6.07) is 4.99. The number of benzene rings is 1. The molecular weight excluding hydrogens is 270 g/mol. The molecule has 0 aromatic heterocycles. The van der Waals surface area contributed by atoms with Crippen molar-refractivity contribution in [3.63, 3.8) is 0 Å². The van der Waals surface area contributed by atoms with E-state index in [4.69, 9.17) is 9.84 Å². The standard InChI is InChI=1S/C16H21NO4/c1-3-21-12-7-11(8-12)9-15(18)17-14-5-4-10(2)6-13(14)16(19)20/h4-6,11-12H,3,7-9H2,1-2H3,(H,17,18)(H,19,20). The van der Waals surface area contributed by atoms with Gasteiger partial charge in [0.25, 0.3) is 0 Å². The summed E-state index contributed by atoms with van der Waals surface area (Å²) in [4.78, 5) is 23.2. The monoisotopic (exact) mass is 291 g/mol. The summed E-state index contributed by atoms with van der Waals surface area (Å²) in [5, 5.41) is 11.9. The molecule has 0 heterocycles. The topological polar surface area (TPSA) is 75.6 Å². The number of anilines is 1. The van der Waals surface area contributed by atoms with Gasteiger partial charge in [-0.2, -0.15) is 0 Å². The zero-order valence-electron chi connectivity index (χ0n) is 12.4.